The van der Waals surface area contributed by atoms with E-state index in [1.165, 1.54) is 4.68 Å². The van der Waals surface area contributed by atoms with Crippen LogP contribution < -0.4 is 4.74 Å². The summed E-state index contributed by atoms with van der Waals surface area (Å²) in [5.41, 5.74) is 2.79. The quantitative estimate of drug-likeness (QED) is 0.607. The Balaban J connectivity index is 1.67. The fourth-order valence-corrected chi connectivity index (χ4v) is 4.59. The number of carbonyl (C=O) groups excluding carboxylic acids is 2. The molecule has 4 rings (SSSR count). The van der Waals surface area contributed by atoms with Crippen molar-refractivity contribution in [2.24, 2.45) is 0 Å². The molecule has 0 aliphatic carbocycles. The van der Waals surface area contributed by atoms with E-state index in [2.05, 4.69) is 5.10 Å². The number of aromatic carboxylic acids is 1. The summed E-state index contributed by atoms with van der Waals surface area (Å²) in [6.07, 6.45) is 7.32. The first-order valence-electron chi connectivity index (χ1n) is 11.8. The number of piperidine rings is 1. The van der Waals surface area contributed by atoms with Gasteiger partial charge in [0.25, 0.3) is 5.91 Å². The lowest BCUT2D eigenvalue weighted by molar-refractivity contribution is -0.131. The molecule has 0 spiro atoms. The van der Waals surface area contributed by atoms with Gasteiger partial charge < -0.3 is 19.6 Å². The number of allylic oxidation sites excluding steroid dienone is 4. The molecule has 0 unspecified atom stereocenters. The highest BCUT2D eigenvalue weighted by Crippen LogP contribution is 2.28. The maximum atomic E-state index is 13.6. The van der Waals surface area contributed by atoms with Crippen LogP contribution in [0.1, 0.15) is 66.1 Å². The molecule has 0 saturated carbocycles. The maximum absolute atomic E-state index is 13.6. The summed E-state index contributed by atoms with van der Waals surface area (Å²) < 4.78 is 6.60. The molecule has 1 saturated heterocycles. The van der Waals surface area contributed by atoms with Crippen LogP contribution in [-0.2, 0) is 11.2 Å². The predicted molar refractivity (Wildman–Crippen MR) is 130 cm³/mol. The normalized spacial score (nSPS) is 17.0. The zero-order valence-corrected chi connectivity index (χ0v) is 20.3. The fourth-order valence-electron chi connectivity index (χ4n) is 4.59. The molecule has 3 heterocycles. The summed E-state index contributed by atoms with van der Waals surface area (Å²) in [7, 11) is 1.56. The van der Waals surface area contributed by atoms with E-state index in [0.717, 1.165) is 30.8 Å². The molecule has 1 fully saturated rings. The minimum absolute atomic E-state index is 0.109. The predicted octanol–water partition coefficient (Wildman–Crippen LogP) is 3.79. The number of fused-ring (bicyclic) bond motifs is 1. The van der Waals surface area contributed by atoms with E-state index in [9.17, 15) is 19.5 Å². The van der Waals surface area contributed by atoms with Crippen LogP contribution in [0.25, 0.3) is 5.69 Å². The molecule has 184 valence electrons. The summed E-state index contributed by atoms with van der Waals surface area (Å²) in [5.74, 6) is -0.690. The standard InChI is InChI=1S/C26H30N4O5/c1-4-18(29-15-6-5-7-22(29)31)9-8-17(2)28-16-14-21-23(26(33)34)27-30(24(21)25(28)32)19-10-12-20(35-3)13-11-19/h8-13H,4-7,14-16H2,1-3H3,(H,33,34)/b17-8+,18-9+. The molecular weight excluding hydrogens is 448 g/mol. The summed E-state index contributed by atoms with van der Waals surface area (Å²) in [4.78, 5) is 41.3. The van der Waals surface area contributed by atoms with Crippen LogP contribution in [0.3, 0.4) is 0 Å². The molecule has 2 aliphatic rings. The van der Waals surface area contributed by atoms with E-state index in [0.29, 0.717) is 42.8 Å². The maximum Gasteiger partial charge on any atom is 0.356 e. The minimum atomic E-state index is -1.16. The van der Waals surface area contributed by atoms with Crippen molar-refractivity contribution in [2.45, 2.75) is 46.0 Å². The number of rotatable bonds is 7. The van der Waals surface area contributed by atoms with Gasteiger partial charge in [0.05, 0.1) is 12.8 Å². The number of carbonyl (C=O) groups is 3. The van der Waals surface area contributed by atoms with Crippen molar-refractivity contribution in [2.75, 3.05) is 20.2 Å². The van der Waals surface area contributed by atoms with E-state index in [1.54, 1.807) is 36.3 Å². The van der Waals surface area contributed by atoms with Gasteiger partial charge in [-0.25, -0.2) is 9.48 Å². The molecule has 1 aromatic heterocycles. The second-order valence-electron chi connectivity index (χ2n) is 8.62. The van der Waals surface area contributed by atoms with E-state index in [4.69, 9.17) is 4.74 Å². The summed E-state index contributed by atoms with van der Waals surface area (Å²) in [6, 6.07) is 6.94. The van der Waals surface area contributed by atoms with Crippen LogP contribution in [0.2, 0.25) is 0 Å². The lowest BCUT2D eigenvalue weighted by Gasteiger charge is -2.29. The third-order valence-electron chi connectivity index (χ3n) is 6.51. The first kappa shape index (κ1) is 24.3. The monoisotopic (exact) mass is 478 g/mol. The van der Waals surface area contributed by atoms with Crippen LogP contribution in [0.4, 0.5) is 0 Å². The Kier molecular flexibility index (Phi) is 7.04. The lowest BCUT2D eigenvalue weighted by atomic mass is 10.0. The van der Waals surface area contributed by atoms with E-state index >= 15 is 0 Å². The first-order valence-corrected chi connectivity index (χ1v) is 11.8. The van der Waals surface area contributed by atoms with Gasteiger partial charge >= 0.3 is 5.97 Å². The van der Waals surface area contributed by atoms with Crippen LogP contribution in [0, 0.1) is 0 Å². The van der Waals surface area contributed by atoms with E-state index in [1.807, 2.05) is 30.9 Å². The second kappa shape index (κ2) is 10.2. The molecule has 2 aromatic rings. The van der Waals surface area contributed by atoms with Gasteiger partial charge in [0.15, 0.2) is 5.69 Å². The molecule has 1 N–H and O–H groups in total. The van der Waals surface area contributed by atoms with Crippen LogP contribution in [0.15, 0.2) is 47.8 Å². The Hall–Kier alpha value is -3.88. The average Bonchev–Trinajstić information content (AvgIpc) is 3.26. The molecule has 35 heavy (non-hydrogen) atoms. The Morgan fingerprint density at radius 2 is 1.83 bits per heavy atom. The number of hydrogen-bond acceptors (Lipinski definition) is 5. The van der Waals surface area contributed by atoms with Gasteiger partial charge in [-0.15, -0.1) is 0 Å². The molecule has 0 atom stereocenters. The smallest absolute Gasteiger partial charge is 0.356 e. The van der Waals surface area contributed by atoms with Crippen molar-refractivity contribution >= 4 is 17.8 Å². The zero-order valence-electron chi connectivity index (χ0n) is 20.3. The van der Waals surface area contributed by atoms with Gasteiger partial charge in [-0.1, -0.05) is 6.92 Å². The van der Waals surface area contributed by atoms with Gasteiger partial charge in [0.2, 0.25) is 5.91 Å². The number of ether oxygens (including phenoxy) is 1. The first-order chi connectivity index (χ1) is 16.8. The second-order valence-corrected chi connectivity index (χ2v) is 8.62. The van der Waals surface area contributed by atoms with Crippen LogP contribution in [-0.4, -0.2) is 62.7 Å². The Morgan fingerprint density at radius 1 is 1.09 bits per heavy atom. The van der Waals surface area contributed by atoms with Crippen molar-refractivity contribution in [1.82, 2.24) is 19.6 Å². The molecule has 9 nitrogen and oxygen atoms in total. The molecule has 2 amide bonds. The number of amides is 2. The van der Waals surface area contributed by atoms with Crippen molar-refractivity contribution in [3.63, 3.8) is 0 Å². The van der Waals surface area contributed by atoms with Crippen LogP contribution in [0.5, 0.6) is 5.75 Å². The Labute approximate surface area is 204 Å². The number of carboxylic acid groups (broad SMARTS) is 1. The van der Waals surface area contributed by atoms with Crippen molar-refractivity contribution in [3.8, 4) is 11.4 Å². The number of hydrogen-bond donors (Lipinski definition) is 1. The topological polar surface area (TPSA) is 105 Å². The highest BCUT2D eigenvalue weighted by molar-refractivity contribution is 6.00. The van der Waals surface area contributed by atoms with Crippen molar-refractivity contribution in [1.29, 1.82) is 0 Å². The molecule has 0 bridgehead atoms. The molecule has 2 aliphatic heterocycles. The lowest BCUT2D eigenvalue weighted by Crippen LogP contribution is -2.37. The fraction of sp³-hybridized carbons (Fsp3) is 0.385. The highest BCUT2D eigenvalue weighted by atomic mass is 16.5. The molecule has 9 heteroatoms. The number of aromatic nitrogens is 2. The van der Waals surface area contributed by atoms with Gasteiger partial charge in [0.1, 0.15) is 11.4 Å². The number of benzene rings is 1. The number of nitrogens with zero attached hydrogens (tertiary/aromatic N) is 4. The van der Waals surface area contributed by atoms with Gasteiger partial charge in [-0.3, -0.25) is 9.59 Å². The number of carboxylic acids is 1. The summed E-state index contributed by atoms with van der Waals surface area (Å²) >= 11 is 0. The summed E-state index contributed by atoms with van der Waals surface area (Å²) in [6.45, 7) is 4.92. The zero-order chi connectivity index (χ0) is 25.1. The minimum Gasteiger partial charge on any atom is -0.497 e. The molecule has 0 radical (unpaired) electrons. The number of likely N-dealkylation sites (tertiary alicyclic amines) is 1. The third kappa shape index (κ3) is 4.71. The van der Waals surface area contributed by atoms with Crippen molar-refractivity contribution in [3.05, 3.63) is 64.8 Å². The van der Waals surface area contributed by atoms with Gasteiger partial charge in [-0.05, 0) is 69.0 Å². The Bertz CT molecular complexity index is 1210. The van der Waals surface area contributed by atoms with Gasteiger partial charge in [-0.2, -0.15) is 5.10 Å². The van der Waals surface area contributed by atoms with Crippen molar-refractivity contribution < 1.29 is 24.2 Å². The van der Waals surface area contributed by atoms with E-state index in [-0.39, 0.29) is 23.2 Å². The van der Waals surface area contributed by atoms with E-state index < -0.39 is 5.97 Å². The molecule has 1 aromatic carbocycles. The Morgan fingerprint density at radius 3 is 2.46 bits per heavy atom. The average molecular weight is 479 g/mol. The molecular formula is C26H30N4O5. The SMILES string of the molecule is CC/C(=C\C=C(/C)N1CCc2c(C(=O)O)nn(-c3ccc(OC)cc3)c2C1=O)N1CCCCC1=O. The number of methoxy groups -OCH3 is 1. The summed E-state index contributed by atoms with van der Waals surface area (Å²) in [5, 5.41) is 14.0. The highest BCUT2D eigenvalue weighted by Gasteiger charge is 2.35. The van der Waals surface area contributed by atoms with Crippen LogP contribution >= 0.6 is 0 Å². The third-order valence-corrected chi connectivity index (χ3v) is 6.51. The largest absolute Gasteiger partial charge is 0.497 e. The van der Waals surface area contributed by atoms with Gasteiger partial charge in [0, 0.05) is 36.5 Å².